The first-order chi connectivity index (χ1) is 15.1. The third kappa shape index (κ3) is 3.91. The first-order valence-corrected chi connectivity index (χ1v) is 9.90. The fourth-order valence-electron chi connectivity index (χ4n) is 3.34. The van der Waals surface area contributed by atoms with Gasteiger partial charge in [-0.2, -0.15) is 18.3 Å². The third-order valence-electron chi connectivity index (χ3n) is 5.04. The Hall–Kier alpha value is -3.10. The average Bonchev–Trinajstić information content (AvgIpc) is 3.13. The molecule has 4 rings (SSSR count). The molecule has 32 heavy (non-hydrogen) atoms. The number of ether oxygens (including phenoxy) is 1. The van der Waals surface area contributed by atoms with Gasteiger partial charge in [0.2, 0.25) is 5.60 Å². The number of halogens is 5. The number of nitrogens with zero attached hydrogens (tertiary/aromatic N) is 2. The fourth-order valence-corrected chi connectivity index (χ4v) is 3.63. The number of hydrogen-bond acceptors (Lipinski definition) is 3. The zero-order valence-electron chi connectivity index (χ0n) is 16.7. The van der Waals surface area contributed by atoms with Crippen molar-refractivity contribution in [3.63, 3.8) is 0 Å². The van der Waals surface area contributed by atoms with Crippen molar-refractivity contribution < 1.29 is 27.4 Å². The molecule has 4 nitrogen and oxygen atoms in total. The molecule has 0 aliphatic rings. The van der Waals surface area contributed by atoms with Crippen LogP contribution < -0.4 is 4.74 Å². The quantitative estimate of drug-likeness (QED) is 0.371. The summed E-state index contributed by atoms with van der Waals surface area (Å²) in [5.74, 6) is -0.497. The van der Waals surface area contributed by atoms with Gasteiger partial charge in [0.1, 0.15) is 23.9 Å². The van der Waals surface area contributed by atoms with E-state index in [9.17, 15) is 22.7 Å². The first-order valence-electron chi connectivity index (χ1n) is 9.52. The maximum absolute atomic E-state index is 14.2. The van der Waals surface area contributed by atoms with Gasteiger partial charge in [-0.3, -0.25) is 0 Å². The van der Waals surface area contributed by atoms with E-state index >= 15 is 0 Å². The summed E-state index contributed by atoms with van der Waals surface area (Å²) in [5.41, 5.74) is -2.62. The standard InChI is InChI=1S/C23H17ClF4N2O2/c1-14-6-11-20(18(24)12-14)32-13-22(31,23(26,27)28)21-17-4-2-3-5-19(17)30(29-21)16-9-7-15(25)8-10-16/h2-12,31H,13H2,1H3. The van der Waals surface area contributed by atoms with Crippen LogP contribution in [-0.2, 0) is 5.60 Å². The van der Waals surface area contributed by atoms with Crippen molar-refractivity contribution in [2.75, 3.05) is 6.61 Å². The molecule has 1 heterocycles. The number of fused-ring (bicyclic) bond motifs is 1. The highest BCUT2D eigenvalue weighted by Crippen LogP contribution is 2.42. The number of aliphatic hydroxyl groups is 1. The third-order valence-corrected chi connectivity index (χ3v) is 5.34. The molecular formula is C23H17ClF4N2O2. The van der Waals surface area contributed by atoms with Crippen LogP contribution in [0.4, 0.5) is 17.6 Å². The molecule has 0 aliphatic heterocycles. The van der Waals surface area contributed by atoms with Crippen molar-refractivity contribution in [2.45, 2.75) is 18.7 Å². The van der Waals surface area contributed by atoms with Crippen molar-refractivity contribution in [1.82, 2.24) is 9.78 Å². The Bertz CT molecular complexity index is 1270. The van der Waals surface area contributed by atoms with Crippen LogP contribution in [0, 0.1) is 12.7 Å². The maximum atomic E-state index is 14.2. The normalized spacial score (nSPS) is 13.8. The van der Waals surface area contributed by atoms with Crippen LogP contribution in [0.15, 0.2) is 66.7 Å². The second-order valence-corrected chi connectivity index (χ2v) is 7.74. The summed E-state index contributed by atoms with van der Waals surface area (Å²) in [4.78, 5) is 0. The largest absolute Gasteiger partial charge is 0.488 e. The number of aromatic nitrogens is 2. The summed E-state index contributed by atoms with van der Waals surface area (Å²) in [7, 11) is 0. The average molecular weight is 465 g/mol. The van der Waals surface area contributed by atoms with Crippen LogP contribution in [0.1, 0.15) is 11.3 Å². The van der Waals surface area contributed by atoms with E-state index in [0.29, 0.717) is 11.2 Å². The molecule has 0 amide bonds. The number of para-hydroxylation sites is 1. The van der Waals surface area contributed by atoms with Crippen molar-refractivity contribution >= 4 is 22.5 Å². The number of benzene rings is 3. The van der Waals surface area contributed by atoms with E-state index in [4.69, 9.17) is 16.3 Å². The molecule has 0 bridgehead atoms. The molecule has 1 atom stereocenters. The van der Waals surface area contributed by atoms with Gasteiger partial charge in [0.25, 0.3) is 0 Å². The maximum Gasteiger partial charge on any atom is 0.426 e. The minimum absolute atomic E-state index is 0.00205. The Balaban J connectivity index is 1.83. The smallest absolute Gasteiger partial charge is 0.426 e. The van der Waals surface area contributed by atoms with Crippen molar-refractivity contribution in [3.8, 4) is 11.4 Å². The molecule has 4 aromatic rings. The topological polar surface area (TPSA) is 47.3 Å². The predicted molar refractivity (Wildman–Crippen MR) is 113 cm³/mol. The van der Waals surface area contributed by atoms with E-state index in [0.717, 1.165) is 5.56 Å². The number of rotatable bonds is 5. The molecule has 0 saturated heterocycles. The monoisotopic (exact) mass is 464 g/mol. The van der Waals surface area contributed by atoms with Crippen LogP contribution >= 0.6 is 11.6 Å². The van der Waals surface area contributed by atoms with Gasteiger partial charge in [-0.25, -0.2) is 9.07 Å². The Morgan fingerprint density at radius 2 is 1.72 bits per heavy atom. The van der Waals surface area contributed by atoms with E-state index in [-0.39, 0.29) is 16.2 Å². The van der Waals surface area contributed by atoms with E-state index < -0.39 is 29.9 Å². The fraction of sp³-hybridized carbons (Fsp3) is 0.174. The summed E-state index contributed by atoms with van der Waals surface area (Å²) < 4.78 is 62.4. The van der Waals surface area contributed by atoms with Gasteiger partial charge in [0.05, 0.1) is 16.2 Å². The number of aryl methyl sites for hydroxylation is 1. The van der Waals surface area contributed by atoms with Gasteiger partial charge < -0.3 is 9.84 Å². The lowest BCUT2D eigenvalue weighted by Crippen LogP contribution is -2.47. The highest BCUT2D eigenvalue weighted by Gasteiger charge is 2.58. The van der Waals surface area contributed by atoms with Gasteiger partial charge in [0.15, 0.2) is 0 Å². The molecule has 0 radical (unpaired) electrons. The Morgan fingerprint density at radius 1 is 1.03 bits per heavy atom. The summed E-state index contributed by atoms with van der Waals surface area (Å²) in [6.07, 6.45) is -5.12. The van der Waals surface area contributed by atoms with Crippen LogP contribution in [-0.4, -0.2) is 27.7 Å². The molecule has 166 valence electrons. The second kappa shape index (κ2) is 8.11. The number of hydrogen-bond donors (Lipinski definition) is 1. The van der Waals surface area contributed by atoms with Gasteiger partial charge >= 0.3 is 6.18 Å². The van der Waals surface area contributed by atoms with E-state index in [1.807, 2.05) is 0 Å². The SMILES string of the molecule is Cc1ccc(OCC(O)(c2nn(-c3ccc(F)cc3)c3ccccc23)C(F)(F)F)c(Cl)c1. The molecule has 0 spiro atoms. The van der Waals surface area contributed by atoms with Crippen molar-refractivity contribution in [1.29, 1.82) is 0 Å². The molecule has 1 N–H and O–H groups in total. The lowest BCUT2D eigenvalue weighted by atomic mass is 9.97. The molecule has 0 aliphatic carbocycles. The van der Waals surface area contributed by atoms with Crippen LogP contribution in [0.5, 0.6) is 5.75 Å². The first kappa shape index (κ1) is 22.1. The summed E-state index contributed by atoms with van der Waals surface area (Å²) in [5, 5.41) is 15.2. The lowest BCUT2D eigenvalue weighted by molar-refractivity contribution is -0.276. The van der Waals surface area contributed by atoms with Crippen LogP contribution in [0.3, 0.4) is 0 Å². The zero-order chi connectivity index (χ0) is 23.1. The van der Waals surface area contributed by atoms with Crippen LogP contribution in [0.2, 0.25) is 5.02 Å². The van der Waals surface area contributed by atoms with E-state index in [1.54, 1.807) is 31.2 Å². The molecule has 0 fully saturated rings. The molecule has 1 unspecified atom stereocenters. The van der Waals surface area contributed by atoms with Gasteiger partial charge in [0, 0.05) is 5.39 Å². The molecule has 3 aromatic carbocycles. The Labute approximate surface area is 185 Å². The minimum atomic E-state index is -5.12. The Kier molecular flexibility index (Phi) is 5.60. The minimum Gasteiger partial charge on any atom is -0.488 e. The highest BCUT2D eigenvalue weighted by molar-refractivity contribution is 6.32. The zero-order valence-corrected chi connectivity index (χ0v) is 17.5. The van der Waals surface area contributed by atoms with Crippen molar-refractivity contribution in [2.24, 2.45) is 0 Å². The van der Waals surface area contributed by atoms with Crippen molar-refractivity contribution in [3.05, 3.63) is 88.8 Å². The summed E-state index contributed by atoms with van der Waals surface area (Å²) in [6.45, 7) is 0.611. The summed E-state index contributed by atoms with van der Waals surface area (Å²) in [6, 6.07) is 15.9. The lowest BCUT2D eigenvalue weighted by Gasteiger charge is -2.29. The van der Waals surface area contributed by atoms with Gasteiger partial charge in [-0.05, 0) is 55.0 Å². The van der Waals surface area contributed by atoms with Gasteiger partial charge in [-0.15, -0.1) is 0 Å². The predicted octanol–water partition coefficient (Wildman–Crippen LogP) is 5.96. The number of alkyl halides is 3. The molecule has 1 aromatic heterocycles. The molecule has 9 heteroatoms. The second-order valence-electron chi connectivity index (χ2n) is 7.33. The Morgan fingerprint density at radius 3 is 2.38 bits per heavy atom. The van der Waals surface area contributed by atoms with E-state index in [1.165, 1.54) is 47.1 Å². The molecule has 0 saturated carbocycles. The highest BCUT2D eigenvalue weighted by atomic mass is 35.5. The van der Waals surface area contributed by atoms with E-state index in [2.05, 4.69) is 5.10 Å². The van der Waals surface area contributed by atoms with Gasteiger partial charge in [-0.1, -0.05) is 35.9 Å². The molecular weight excluding hydrogens is 448 g/mol. The van der Waals surface area contributed by atoms with Crippen LogP contribution in [0.25, 0.3) is 16.6 Å². The summed E-state index contributed by atoms with van der Waals surface area (Å²) >= 11 is 6.07.